The maximum Gasteiger partial charge on any atom is 0.318 e. The summed E-state index contributed by atoms with van der Waals surface area (Å²) >= 11 is 6.47. The minimum Gasteiger partial charge on any atom is -0.480 e. The summed E-state index contributed by atoms with van der Waals surface area (Å²) in [4.78, 5) is 9.89. The molecule has 0 aromatic heterocycles. The van der Waals surface area contributed by atoms with Crippen LogP contribution < -0.4 is 0 Å². The molecule has 1 aromatic rings. The van der Waals surface area contributed by atoms with Crippen molar-refractivity contribution in [3.8, 4) is 0 Å². The smallest absolute Gasteiger partial charge is 0.318 e. The quantitative estimate of drug-likeness (QED) is 0.867. The van der Waals surface area contributed by atoms with Crippen molar-refractivity contribution in [3.05, 3.63) is 35.4 Å². The van der Waals surface area contributed by atoms with Crippen LogP contribution >= 0.6 is 31.9 Å². The molecule has 76 valence electrons. The van der Waals surface area contributed by atoms with Crippen molar-refractivity contribution in [2.24, 2.45) is 0 Å². The molecule has 0 aliphatic heterocycles. The molecular formula is C10H10Br2O2. The number of hydrogen-bond donors (Lipinski definition) is 1. The van der Waals surface area contributed by atoms with Crippen LogP contribution in [-0.2, 0) is 4.79 Å². The molecule has 4 heteroatoms. The van der Waals surface area contributed by atoms with Gasteiger partial charge in [-0.1, -0.05) is 61.7 Å². The Morgan fingerprint density at radius 3 is 2.21 bits per heavy atom. The molecule has 0 saturated carbocycles. The Labute approximate surface area is 99.6 Å². The number of carbonyl (C=O) groups is 1. The summed E-state index contributed by atoms with van der Waals surface area (Å²) in [6.07, 6.45) is 0. The Bertz CT molecular complexity index is 321. The van der Waals surface area contributed by atoms with Crippen molar-refractivity contribution in [1.82, 2.24) is 0 Å². The Balaban J connectivity index is 2.84. The first kappa shape index (κ1) is 11.7. The average molecular weight is 322 g/mol. The van der Waals surface area contributed by atoms with Gasteiger partial charge >= 0.3 is 5.97 Å². The molecule has 0 bridgehead atoms. The normalized spacial score (nSPS) is 14.8. The highest BCUT2D eigenvalue weighted by atomic mass is 79.9. The third kappa shape index (κ3) is 2.82. The van der Waals surface area contributed by atoms with Gasteiger partial charge in [0.25, 0.3) is 0 Å². The second-order valence-electron chi connectivity index (χ2n) is 3.05. The third-order valence-electron chi connectivity index (χ3n) is 1.89. The monoisotopic (exact) mass is 320 g/mol. The van der Waals surface area contributed by atoms with E-state index in [1.807, 2.05) is 31.2 Å². The van der Waals surface area contributed by atoms with Crippen LogP contribution in [0.25, 0.3) is 0 Å². The number of halogens is 2. The molecule has 0 unspecified atom stereocenters. The van der Waals surface area contributed by atoms with E-state index in [1.54, 1.807) is 0 Å². The van der Waals surface area contributed by atoms with Crippen LogP contribution in [0.3, 0.4) is 0 Å². The molecule has 0 radical (unpaired) electrons. The summed E-state index contributed by atoms with van der Waals surface area (Å²) in [5.41, 5.74) is 2.12. The first-order valence-corrected chi connectivity index (χ1v) is 5.93. The van der Waals surface area contributed by atoms with E-state index in [1.165, 1.54) is 0 Å². The first-order valence-electron chi connectivity index (χ1n) is 4.10. The second kappa shape index (κ2) is 4.94. The molecule has 0 heterocycles. The summed E-state index contributed by atoms with van der Waals surface area (Å²) in [5, 5.41) is 8.79. The number of aryl methyl sites for hydroxylation is 1. The van der Waals surface area contributed by atoms with Crippen molar-refractivity contribution in [1.29, 1.82) is 0 Å². The number of alkyl halides is 2. The predicted molar refractivity (Wildman–Crippen MR) is 63.2 cm³/mol. The van der Waals surface area contributed by atoms with Gasteiger partial charge in [-0.05, 0) is 12.5 Å². The topological polar surface area (TPSA) is 37.3 Å². The Morgan fingerprint density at radius 2 is 1.79 bits per heavy atom. The molecule has 2 nitrogen and oxygen atoms in total. The number of aliphatic carboxylic acids is 1. The lowest BCUT2D eigenvalue weighted by Gasteiger charge is -2.13. The van der Waals surface area contributed by atoms with Crippen molar-refractivity contribution < 1.29 is 9.90 Å². The molecule has 0 aliphatic rings. The molecule has 0 spiro atoms. The Hall–Kier alpha value is -0.350. The van der Waals surface area contributed by atoms with Gasteiger partial charge in [-0.2, -0.15) is 0 Å². The summed E-state index contributed by atoms with van der Waals surface area (Å²) in [6, 6.07) is 7.77. The number of rotatable bonds is 3. The fraction of sp³-hybridized carbons (Fsp3) is 0.300. The molecule has 0 saturated heterocycles. The van der Waals surface area contributed by atoms with Gasteiger partial charge in [0.2, 0.25) is 0 Å². The van der Waals surface area contributed by atoms with E-state index in [-0.39, 0.29) is 4.83 Å². The molecule has 1 N–H and O–H groups in total. The van der Waals surface area contributed by atoms with Crippen molar-refractivity contribution >= 4 is 37.8 Å². The van der Waals surface area contributed by atoms with Crippen LogP contribution in [-0.4, -0.2) is 15.9 Å². The van der Waals surface area contributed by atoms with Gasteiger partial charge in [-0.15, -0.1) is 0 Å². The maximum atomic E-state index is 10.7. The van der Waals surface area contributed by atoms with Crippen LogP contribution in [0.4, 0.5) is 0 Å². The predicted octanol–water partition coefficient (Wildman–Crippen LogP) is 3.28. The van der Waals surface area contributed by atoms with Gasteiger partial charge in [-0.25, -0.2) is 0 Å². The van der Waals surface area contributed by atoms with E-state index in [0.717, 1.165) is 11.1 Å². The lowest BCUT2D eigenvalue weighted by molar-refractivity contribution is -0.136. The Morgan fingerprint density at radius 1 is 1.29 bits per heavy atom. The number of hydrogen-bond acceptors (Lipinski definition) is 1. The van der Waals surface area contributed by atoms with E-state index in [4.69, 9.17) is 5.11 Å². The van der Waals surface area contributed by atoms with E-state index in [2.05, 4.69) is 31.9 Å². The number of benzene rings is 1. The zero-order valence-corrected chi connectivity index (χ0v) is 10.7. The fourth-order valence-corrected chi connectivity index (χ4v) is 1.88. The third-order valence-corrected chi connectivity index (χ3v) is 4.58. The van der Waals surface area contributed by atoms with E-state index in [9.17, 15) is 4.79 Å². The number of carboxylic acid groups (broad SMARTS) is 1. The fourth-order valence-electron chi connectivity index (χ4n) is 1.04. The summed E-state index contributed by atoms with van der Waals surface area (Å²) in [5.74, 6) is -0.868. The minimum atomic E-state index is -0.868. The van der Waals surface area contributed by atoms with Gasteiger partial charge in [0.15, 0.2) is 0 Å². The lowest BCUT2D eigenvalue weighted by Crippen LogP contribution is -2.17. The molecule has 0 fully saturated rings. The summed E-state index contributed by atoms with van der Waals surface area (Å²) < 4.78 is 0. The Kier molecular flexibility index (Phi) is 4.13. The highest BCUT2D eigenvalue weighted by molar-refractivity contribution is 9.12. The number of carboxylic acids is 1. The molecule has 0 amide bonds. The maximum absolute atomic E-state index is 10.7. The van der Waals surface area contributed by atoms with Crippen LogP contribution in [0, 0.1) is 6.92 Å². The molecular weight excluding hydrogens is 312 g/mol. The van der Waals surface area contributed by atoms with Gasteiger partial charge in [-0.3, -0.25) is 4.79 Å². The minimum absolute atomic E-state index is 0.208. The standard InChI is InChI=1S/C10H10Br2O2/c1-6-2-4-7(5-3-6)8(11)9(12)10(13)14/h2-5,8-9H,1H3,(H,13,14)/t8-,9-/m0/s1. The average Bonchev–Trinajstić information content (AvgIpc) is 2.16. The van der Waals surface area contributed by atoms with Gasteiger partial charge in [0.1, 0.15) is 4.83 Å². The first-order chi connectivity index (χ1) is 6.52. The second-order valence-corrected chi connectivity index (χ2v) is 5.03. The van der Waals surface area contributed by atoms with Crippen molar-refractivity contribution in [3.63, 3.8) is 0 Å². The molecule has 1 rings (SSSR count). The van der Waals surface area contributed by atoms with Crippen LogP contribution in [0.2, 0.25) is 0 Å². The molecule has 14 heavy (non-hydrogen) atoms. The van der Waals surface area contributed by atoms with E-state index < -0.39 is 10.8 Å². The largest absolute Gasteiger partial charge is 0.480 e. The summed E-state index contributed by atoms with van der Waals surface area (Å²) in [7, 11) is 0. The molecule has 2 atom stereocenters. The zero-order valence-electron chi connectivity index (χ0n) is 7.58. The highest BCUT2D eigenvalue weighted by Gasteiger charge is 2.23. The summed E-state index contributed by atoms with van der Waals surface area (Å²) in [6.45, 7) is 2.00. The zero-order chi connectivity index (χ0) is 10.7. The van der Waals surface area contributed by atoms with E-state index in [0.29, 0.717) is 0 Å². The molecule has 0 aliphatic carbocycles. The van der Waals surface area contributed by atoms with Gasteiger partial charge < -0.3 is 5.11 Å². The van der Waals surface area contributed by atoms with Crippen LogP contribution in [0.15, 0.2) is 24.3 Å². The SMILES string of the molecule is Cc1ccc([C@H](Br)[C@H](Br)C(=O)O)cc1. The van der Waals surface area contributed by atoms with Gasteiger partial charge in [0, 0.05) is 0 Å². The van der Waals surface area contributed by atoms with Crippen LogP contribution in [0.1, 0.15) is 16.0 Å². The molecule has 1 aromatic carbocycles. The highest BCUT2D eigenvalue weighted by Crippen LogP contribution is 2.31. The van der Waals surface area contributed by atoms with Crippen LogP contribution in [0.5, 0.6) is 0 Å². The van der Waals surface area contributed by atoms with Crippen molar-refractivity contribution in [2.45, 2.75) is 16.6 Å². The van der Waals surface area contributed by atoms with Crippen molar-refractivity contribution in [2.75, 3.05) is 0 Å². The van der Waals surface area contributed by atoms with Gasteiger partial charge in [0.05, 0.1) is 4.83 Å². The lowest BCUT2D eigenvalue weighted by atomic mass is 10.1. The van der Waals surface area contributed by atoms with E-state index >= 15 is 0 Å².